The minimum absolute atomic E-state index is 0.0378. The van der Waals surface area contributed by atoms with Crippen molar-refractivity contribution in [3.05, 3.63) is 35.5 Å². The molecule has 0 N–H and O–H groups in total. The van der Waals surface area contributed by atoms with Gasteiger partial charge in [-0.2, -0.15) is 0 Å². The van der Waals surface area contributed by atoms with E-state index in [2.05, 4.69) is 5.16 Å². The molecule has 7 nitrogen and oxygen atoms in total. The number of aryl methyl sites for hydroxylation is 1. The average Bonchev–Trinajstić information content (AvgIpc) is 3.08. The van der Waals surface area contributed by atoms with Crippen molar-refractivity contribution in [2.24, 2.45) is 5.92 Å². The molecular formula is C25H33NO6. The van der Waals surface area contributed by atoms with Gasteiger partial charge in [0.1, 0.15) is 16.9 Å². The van der Waals surface area contributed by atoms with Gasteiger partial charge in [0.05, 0.1) is 23.8 Å². The number of aromatic nitrogens is 1. The molecule has 0 amide bonds. The van der Waals surface area contributed by atoms with Gasteiger partial charge in [-0.1, -0.05) is 5.16 Å². The fourth-order valence-electron chi connectivity index (χ4n) is 3.81. The van der Waals surface area contributed by atoms with Crippen molar-refractivity contribution in [3.8, 4) is 17.1 Å². The SMILES string of the molecule is Cc1noc(-c2ccc(O[C@H]3CCC[C@H](C(=O)OC(C)C)C3)cc2)c1C(=O)OC(C)(C)C. The molecule has 0 unspecified atom stereocenters. The van der Waals surface area contributed by atoms with Gasteiger partial charge in [0, 0.05) is 5.56 Å². The van der Waals surface area contributed by atoms with E-state index in [1.165, 1.54) is 0 Å². The van der Waals surface area contributed by atoms with Crippen LogP contribution in [0.1, 0.15) is 76.4 Å². The summed E-state index contributed by atoms with van der Waals surface area (Å²) < 4.78 is 22.4. The topological polar surface area (TPSA) is 87.9 Å². The van der Waals surface area contributed by atoms with Crippen molar-refractivity contribution in [3.63, 3.8) is 0 Å². The number of rotatable bonds is 6. The van der Waals surface area contributed by atoms with Crippen molar-refractivity contribution >= 4 is 11.9 Å². The number of carbonyl (C=O) groups excluding carboxylic acids is 2. The van der Waals surface area contributed by atoms with E-state index in [1.54, 1.807) is 6.92 Å². The van der Waals surface area contributed by atoms with E-state index in [9.17, 15) is 9.59 Å². The smallest absolute Gasteiger partial charge is 0.344 e. The molecule has 0 saturated heterocycles. The first kappa shape index (κ1) is 23.8. The third-order valence-electron chi connectivity index (χ3n) is 5.20. The van der Waals surface area contributed by atoms with Gasteiger partial charge in [0.15, 0.2) is 5.76 Å². The molecule has 1 heterocycles. The second-order valence-corrected chi connectivity index (χ2v) is 9.59. The quantitative estimate of drug-likeness (QED) is 0.545. The molecule has 3 rings (SSSR count). The monoisotopic (exact) mass is 443 g/mol. The second kappa shape index (κ2) is 9.76. The first-order valence-corrected chi connectivity index (χ1v) is 11.2. The largest absolute Gasteiger partial charge is 0.490 e. The molecule has 1 aliphatic rings. The molecule has 2 atom stereocenters. The molecule has 0 bridgehead atoms. The van der Waals surface area contributed by atoms with E-state index >= 15 is 0 Å². The third kappa shape index (κ3) is 6.11. The lowest BCUT2D eigenvalue weighted by Gasteiger charge is -2.29. The predicted molar refractivity (Wildman–Crippen MR) is 119 cm³/mol. The molecule has 1 saturated carbocycles. The Hall–Kier alpha value is -2.83. The van der Waals surface area contributed by atoms with Crippen LogP contribution >= 0.6 is 0 Å². The minimum Gasteiger partial charge on any atom is -0.490 e. The highest BCUT2D eigenvalue weighted by molar-refractivity contribution is 5.97. The van der Waals surface area contributed by atoms with Gasteiger partial charge in [0.25, 0.3) is 0 Å². The zero-order valence-electron chi connectivity index (χ0n) is 19.8. The van der Waals surface area contributed by atoms with Crippen molar-refractivity contribution in [2.75, 3.05) is 0 Å². The number of hydrogen-bond acceptors (Lipinski definition) is 7. The molecule has 1 aromatic heterocycles. The Morgan fingerprint density at radius 3 is 2.44 bits per heavy atom. The maximum Gasteiger partial charge on any atom is 0.344 e. The lowest BCUT2D eigenvalue weighted by Crippen LogP contribution is -2.31. The average molecular weight is 444 g/mol. The zero-order chi connectivity index (χ0) is 23.5. The predicted octanol–water partition coefficient (Wildman–Crippen LogP) is 5.49. The molecule has 174 valence electrons. The highest BCUT2D eigenvalue weighted by Crippen LogP contribution is 2.32. The summed E-state index contributed by atoms with van der Waals surface area (Å²) in [5.41, 5.74) is 0.902. The number of carbonyl (C=O) groups is 2. The van der Waals surface area contributed by atoms with Gasteiger partial charge < -0.3 is 18.7 Å². The summed E-state index contributed by atoms with van der Waals surface area (Å²) in [6.07, 6.45) is 3.17. The standard InChI is InChI=1S/C25H33NO6/c1-15(2)29-23(27)18-8-7-9-20(14-18)30-19-12-10-17(11-13-19)22-21(16(3)26-32-22)24(28)31-25(4,5)6/h10-13,15,18,20H,7-9,14H2,1-6H3/t18-,20-/m0/s1. The van der Waals surface area contributed by atoms with Crippen molar-refractivity contribution in [1.82, 2.24) is 5.16 Å². The van der Waals surface area contributed by atoms with Crippen molar-refractivity contribution in [2.45, 2.75) is 85.0 Å². The van der Waals surface area contributed by atoms with Gasteiger partial charge in [-0.25, -0.2) is 4.79 Å². The van der Waals surface area contributed by atoms with E-state index in [4.69, 9.17) is 18.7 Å². The van der Waals surface area contributed by atoms with Crippen molar-refractivity contribution in [1.29, 1.82) is 0 Å². The van der Waals surface area contributed by atoms with Crippen LogP contribution in [0.15, 0.2) is 28.8 Å². The molecule has 1 aromatic carbocycles. The Bertz CT molecular complexity index is 938. The molecule has 0 radical (unpaired) electrons. The maximum absolute atomic E-state index is 12.6. The number of hydrogen-bond donors (Lipinski definition) is 0. The molecular weight excluding hydrogens is 410 g/mol. The summed E-state index contributed by atoms with van der Waals surface area (Å²) in [7, 11) is 0. The maximum atomic E-state index is 12.6. The molecule has 2 aromatic rings. The number of nitrogens with zero attached hydrogens (tertiary/aromatic N) is 1. The van der Waals surface area contributed by atoms with Crippen LogP contribution < -0.4 is 4.74 Å². The van der Waals surface area contributed by atoms with Gasteiger partial charge in [0.2, 0.25) is 0 Å². The van der Waals surface area contributed by atoms with Crippen LogP contribution in [0.25, 0.3) is 11.3 Å². The summed E-state index contributed by atoms with van der Waals surface area (Å²) in [6, 6.07) is 7.33. The molecule has 0 spiro atoms. The van der Waals surface area contributed by atoms with Gasteiger partial charge in [-0.15, -0.1) is 0 Å². The normalized spacial score (nSPS) is 19.0. The fourth-order valence-corrected chi connectivity index (χ4v) is 3.81. The zero-order valence-corrected chi connectivity index (χ0v) is 19.8. The van der Waals surface area contributed by atoms with E-state index < -0.39 is 11.6 Å². The lowest BCUT2D eigenvalue weighted by molar-refractivity contribution is -0.154. The summed E-state index contributed by atoms with van der Waals surface area (Å²) in [5, 5.41) is 3.95. The van der Waals surface area contributed by atoms with Crippen LogP contribution in [0.4, 0.5) is 0 Å². The Morgan fingerprint density at radius 2 is 1.81 bits per heavy atom. The molecule has 1 aliphatic carbocycles. The first-order chi connectivity index (χ1) is 15.0. The highest BCUT2D eigenvalue weighted by Gasteiger charge is 2.30. The molecule has 0 aliphatic heterocycles. The van der Waals surface area contributed by atoms with Gasteiger partial charge >= 0.3 is 11.9 Å². The Balaban J connectivity index is 1.69. The summed E-state index contributed by atoms with van der Waals surface area (Å²) in [6.45, 7) is 10.9. The van der Waals surface area contributed by atoms with Crippen LogP contribution in [-0.4, -0.2) is 34.9 Å². The van der Waals surface area contributed by atoms with Crippen LogP contribution in [0.3, 0.4) is 0 Å². The van der Waals surface area contributed by atoms with E-state index in [-0.39, 0.29) is 24.1 Å². The van der Waals surface area contributed by atoms with Crippen molar-refractivity contribution < 1.29 is 28.3 Å². The molecule has 32 heavy (non-hydrogen) atoms. The Morgan fingerprint density at radius 1 is 1.12 bits per heavy atom. The van der Waals surface area contributed by atoms with Crippen LogP contribution in [0, 0.1) is 12.8 Å². The van der Waals surface area contributed by atoms with E-state index in [0.717, 1.165) is 19.3 Å². The van der Waals surface area contributed by atoms with Crippen LogP contribution in [0.5, 0.6) is 5.75 Å². The molecule has 1 fully saturated rings. The van der Waals surface area contributed by atoms with E-state index in [0.29, 0.717) is 34.8 Å². The highest BCUT2D eigenvalue weighted by atomic mass is 16.6. The summed E-state index contributed by atoms with van der Waals surface area (Å²) >= 11 is 0. The number of esters is 2. The lowest BCUT2D eigenvalue weighted by atomic mass is 9.87. The van der Waals surface area contributed by atoms with Crippen LogP contribution in [-0.2, 0) is 14.3 Å². The fraction of sp³-hybridized carbons (Fsp3) is 0.560. The third-order valence-corrected chi connectivity index (χ3v) is 5.20. The molecule has 7 heteroatoms. The van der Waals surface area contributed by atoms with E-state index in [1.807, 2.05) is 58.9 Å². The Labute approximate surface area is 189 Å². The van der Waals surface area contributed by atoms with Gasteiger partial charge in [-0.3, -0.25) is 4.79 Å². The Kier molecular flexibility index (Phi) is 7.26. The minimum atomic E-state index is -0.616. The van der Waals surface area contributed by atoms with Gasteiger partial charge in [-0.05, 0) is 91.5 Å². The van der Waals surface area contributed by atoms with Crippen LogP contribution in [0.2, 0.25) is 0 Å². The summed E-state index contributed by atoms with van der Waals surface area (Å²) in [5.74, 6) is 0.347. The first-order valence-electron chi connectivity index (χ1n) is 11.2. The second-order valence-electron chi connectivity index (χ2n) is 9.59. The number of benzene rings is 1. The number of ether oxygens (including phenoxy) is 3. The summed E-state index contributed by atoms with van der Waals surface area (Å²) in [4.78, 5) is 24.9.